The molecule has 0 saturated heterocycles. The van der Waals surface area contributed by atoms with Gasteiger partial charge in [0.05, 0.1) is 10.6 Å². The van der Waals surface area contributed by atoms with E-state index >= 15 is 0 Å². The number of nitrogens with one attached hydrogen (secondary N) is 1. The van der Waals surface area contributed by atoms with E-state index in [1.807, 2.05) is 19.9 Å². The molecule has 1 aliphatic rings. The van der Waals surface area contributed by atoms with Crippen LogP contribution in [0.3, 0.4) is 0 Å². The second-order valence-electron chi connectivity index (χ2n) is 4.55. The first-order chi connectivity index (χ1) is 7.85. The Labute approximate surface area is 101 Å². The number of rotatable bonds is 1. The van der Waals surface area contributed by atoms with Crippen LogP contribution in [-0.4, -0.2) is 19.6 Å². The molecule has 1 aromatic rings. The Morgan fingerprint density at radius 1 is 1.29 bits per heavy atom. The summed E-state index contributed by atoms with van der Waals surface area (Å²) in [5.41, 5.74) is 1.30. The van der Waals surface area contributed by atoms with Crippen molar-refractivity contribution < 1.29 is 13.2 Å². The zero-order chi connectivity index (χ0) is 12.8. The highest BCUT2D eigenvalue weighted by Crippen LogP contribution is 2.36. The van der Waals surface area contributed by atoms with Crippen LogP contribution in [0.1, 0.15) is 32.3 Å². The van der Waals surface area contributed by atoms with Crippen molar-refractivity contribution in [2.45, 2.75) is 36.8 Å². The van der Waals surface area contributed by atoms with Crippen LogP contribution in [0, 0.1) is 0 Å². The van der Waals surface area contributed by atoms with Gasteiger partial charge in [-0.25, -0.2) is 8.42 Å². The number of carbonyl (C=O) groups is 1. The van der Waals surface area contributed by atoms with Crippen molar-refractivity contribution in [2.75, 3.05) is 5.32 Å². The summed E-state index contributed by atoms with van der Waals surface area (Å²) in [4.78, 5) is 11.9. The fraction of sp³-hybridized carbons (Fsp3) is 0.417. The third-order valence-corrected chi connectivity index (χ3v) is 5.17. The summed E-state index contributed by atoms with van der Waals surface area (Å²) in [7, 11) is -3.54. The van der Waals surface area contributed by atoms with Gasteiger partial charge in [-0.05, 0) is 24.5 Å². The first-order valence-electron chi connectivity index (χ1n) is 5.53. The van der Waals surface area contributed by atoms with Crippen LogP contribution in [0.4, 0.5) is 5.69 Å². The van der Waals surface area contributed by atoms with E-state index in [2.05, 4.69) is 5.32 Å². The number of anilines is 1. The van der Waals surface area contributed by atoms with E-state index in [1.165, 1.54) is 6.92 Å². The molecule has 0 radical (unpaired) electrons. The topological polar surface area (TPSA) is 63.2 Å². The minimum Gasteiger partial charge on any atom is -0.324 e. The van der Waals surface area contributed by atoms with Crippen molar-refractivity contribution in [3.8, 4) is 0 Å². The highest BCUT2D eigenvalue weighted by molar-refractivity contribution is 7.93. The van der Waals surface area contributed by atoms with Crippen LogP contribution in [-0.2, 0) is 14.6 Å². The summed E-state index contributed by atoms with van der Waals surface area (Å²) in [5, 5.41) is 1.68. The van der Waals surface area contributed by atoms with E-state index in [1.54, 1.807) is 12.1 Å². The van der Waals surface area contributed by atoms with Gasteiger partial charge in [-0.2, -0.15) is 0 Å². The van der Waals surface area contributed by atoms with Gasteiger partial charge in [0.15, 0.2) is 9.84 Å². The van der Waals surface area contributed by atoms with E-state index in [0.29, 0.717) is 5.69 Å². The molecule has 1 unspecified atom stereocenters. The second kappa shape index (κ2) is 3.84. The first-order valence-corrected chi connectivity index (χ1v) is 7.08. The summed E-state index contributed by atoms with van der Waals surface area (Å²) < 4.78 is 24.3. The number of benzene rings is 1. The molecule has 1 atom stereocenters. The van der Waals surface area contributed by atoms with Gasteiger partial charge in [-0.1, -0.05) is 26.0 Å². The van der Waals surface area contributed by atoms with Gasteiger partial charge in [0.2, 0.25) is 5.91 Å². The predicted molar refractivity (Wildman–Crippen MR) is 65.8 cm³/mol. The molecule has 0 aromatic heterocycles. The third-order valence-electron chi connectivity index (χ3n) is 3.07. The quantitative estimate of drug-likeness (QED) is 0.831. The smallest absolute Gasteiger partial charge is 0.242 e. The summed E-state index contributed by atoms with van der Waals surface area (Å²) >= 11 is 0. The molecule has 1 amide bonds. The Kier molecular flexibility index (Phi) is 2.73. The van der Waals surface area contributed by atoms with E-state index in [4.69, 9.17) is 0 Å². The molecule has 1 heterocycles. The Bertz CT molecular complexity index is 575. The molecule has 1 aromatic carbocycles. The summed E-state index contributed by atoms with van der Waals surface area (Å²) in [6.07, 6.45) is 0. The number of amides is 1. The molecule has 92 valence electrons. The monoisotopic (exact) mass is 253 g/mol. The maximum absolute atomic E-state index is 12.1. The maximum Gasteiger partial charge on any atom is 0.242 e. The lowest BCUT2D eigenvalue weighted by molar-refractivity contribution is -0.115. The van der Waals surface area contributed by atoms with Gasteiger partial charge < -0.3 is 5.32 Å². The Balaban J connectivity index is 2.74. The van der Waals surface area contributed by atoms with E-state index in [9.17, 15) is 13.2 Å². The molecule has 1 N–H and O–H groups in total. The number of hydrogen-bond acceptors (Lipinski definition) is 3. The lowest BCUT2D eigenvalue weighted by Crippen LogP contribution is -2.38. The Morgan fingerprint density at radius 3 is 2.53 bits per heavy atom. The fourth-order valence-corrected chi connectivity index (χ4v) is 3.40. The molecule has 17 heavy (non-hydrogen) atoms. The van der Waals surface area contributed by atoms with Crippen LogP contribution in [0.25, 0.3) is 0 Å². The van der Waals surface area contributed by atoms with Crippen molar-refractivity contribution in [1.29, 1.82) is 0 Å². The van der Waals surface area contributed by atoms with Gasteiger partial charge in [0.1, 0.15) is 5.25 Å². The average Bonchev–Trinajstić information content (AvgIpc) is 2.26. The fourth-order valence-electron chi connectivity index (χ4n) is 1.96. The summed E-state index contributed by atoms with van der Waals surface area (Å²) in [6.45, 7) is 5.34. The number of para-hydroxylation sites is 1. The standard InChI is InChI=1S/C12H15NO3S/c1-7(2)9-5-4-6-10-11(9)13-12(14)8(3)17(10,15)16/h4-8H,1-3H3,(H,13,14). The van der Waals surface area contributed by atoms with Gasteiger partial charge in [-0.15, -0.1) is 0 Å². The van der Waals surface area contributed by atoms with Gasteiger partial charge in [0, 0.05) is 0 Å². The lowest BCUT2D eigenvalue weighted by Gasteiger charge is -2.25. The van der Waals surface area contributed by atoms with Crippen LogP contribution >= 0.6 is 0 Å². The first kappa shape index (κ1) is 12.1. The van der Waals surface area contributed by atoms with Crippen LogP contribution in [0.5, 0.6) is 0 Å². The van der Waals surface area contributed by atoms with E-state index < -0.39 is 21.0 Å². The number of hydrogen-bond donors (Lipinski definition) is 1. The molecule has 0 aliphatic carbocycles. The minimum absolute atomic E-state index is 0.161. The minimum atomic E-state index is -3.54. The Hall–Kier alpha value is -1.36. The van der Waals surface area contributed by atoms with Crippen molar-refractivity contribution >= 4 is 21.4 Å². The highest BCUT2D eigenvalue weighted by atomic mass is 32.2. The molecule has 2 rings (SSSR count). The number of sulfone groups is 1. The van der Waals surface area contributed by atoms with E-state index in [0.717, 1.165) is 5.56 Å². The van der Waals surface area contributed by atoms with Crippen LogP contribution < -0.4 is 5.32 Å². The predicted octanol–water partition coefficient (Wildman–Crippen LogP) is 1.92. The molecular formula is C12H15NO3S. The maximum atomic E-state index is 12.1. The van der Waals surface area contributed by atoms with Crippen LogP contribution in [0.15, 0.2) is 23.1 Å². The molecule has 1 aliphatic heterocycles. The summed E-state index contributed by atoms with van der Waals surface area (Å²) in [6, 6.07) is 5.11. The summed E-state index contributed by atoms with van der Waals surface area (Å²) in [5.74, 6) is -0.292. The molecule has 5 heteroatoms. The van der Waals surface area contributed by atoms with Crippen molar-refractivity contribution in [3.63, 3.8) is 0 Å². The van der Waals surface area contributed by atoms with Crippen LogP contribution in [0.2, 0.25) is 0 Å². The highest BCUT2D eigenvalue weighted by Gasteiger charge is 2.37. The van der Waals surface area contributed by atoms with Gasteiger partial charge >= 0.3 is 0 Å². The number of carbonyl (C=O) groups excluding carboxylic acids is 1. The van der Waals surface area contributed by atoms with Crippen molar-refractivity contribution in [3.05, 3.63) is 23.8 Å². The van der Waals surface area contributed by atoms with Gasteiger partial charge in [-0.3, -0.25) is 4.79 Å². The molecule has 0 bridgehead atoms. The second-order valence-corrected chi connectivity index (χ2v) is 6.79. The van der Waals surface area contributed by atoms with Gasteiger partial charge in [0.25, 0.3) is 0 Å². The molecular weight excluding hydrogens is 238 g/mol. The molecule has 0 saturated carbocycles. The van der Waals surface area contributed by atoms with Crippen molar-refractivity contribution in [1.82, 2.24) is 0 Å². The molecule has 0 fully saturated rings. The number of fused-ring (bicyclic) bond motifs is 1. The average molecular weight is 253 g/mol. The Morgan fingerprint density at radius 2 is 1.94 bits per heavy atom. The third kappa shape index (κ3) is 1.74. The van der Waals surface area contributed by atoms with E-state index in [-0.39, 0.29) is 10.8 Å². The lowest BCUT2D eigenvalue weighted by atomic mass is 10.0. The zero-order valence-corrected chi connectivity index (χ0v) is 10.8. The van der Waals surface area contributed by atoms with Crippen molar-refractivity contribution in [2.24, 2.45) is 0 Å². The zero-order valence-electron chi connectivity index (χ0n) is 10.0. The normalized spacial score (nSPS) is 22.1. The largest absolute Gasteiger partial charge is 0.324 e. The molecule has 0 spiro atoms. The SMILES string of the molecule is CC(C)c1cccc2c1NC(=O)C(C)S2(=O)=O. The molecule has 4 nitrogen and oxygen atoms in total.